The smallest absolute Gasteiger partial charge is 0.197 e. The molecule has 0 N–H and O–H groups in total. The molecule has 0 saturated carbocycles. The second kappa shape index (κ2) is 3.93. The third kappa shape index (κ3) is 6.86. The Kier molecular flexibility index (Phi) is 4.10. The summed E-state index contributed by atoms with van der Waals surface area (Å²) in [5.74, 6) is 0. The van der Waals surface area contributed by atoms with Gasteiger partial charge in [0, 0.05) is 0 Å². The summed E-state index contributed by atoms with van der Waals surface area (Å²) in [6.45, 7) is 15.6. The van der Waals surface area contributed by atoms with Crippen molar-refractivity contribution in [3.8, 4) is 0 Å². The summed E-state index contributed by atoms with van der Waals surface area (Å²) in [6.07, 6.45) is 0. The average molecular weight is 168 g/mol. The molecule has 0 bridgehead atoms. The zero-order chi connectivity index (χ0) is 9.12. The van der Waals surface area contributed by atoms with Gasteiger partial charge in [-0.15, -0.1) is 0 Å². The minimum absolute atomic E-state index is 0.285. The molecule has 0 nitrogen and oxygen atoms in total. The van der Waals surface area contributed by atoms with Crippen LogP contribution < -0.4 is 0 Å². The van der Waals surface area contributed by atoms with Crippen LogP contribution in [-0.4, -0.2) is 18.5 Å². The molecule has 0 fully saturated rings. The van der Waals surface area contributed by atoms with E-state index in [1.54, 1.807) is 0 Å². The van der Waals surface area contributed by atoms with E-state index in [1.807, 2.05) is 11.6 Å². The minimum atomic E-state index is 0.285. The van der Waals surface area contributed by atoms with Gasteiger partial charge in [0.05, 0.1) is 0 Å². The van der Waals surface area contributed by atoms with Crippen LogP contribution in [0.4, 0.5) is 0 Å². The van der Waals surface area contributed by atoms with Crippen molar-refractivity contribution in [3.63, 3.8) is 0 Å². The Labute approximate surface area is 77.3 Å². The zero-order valence-corrected chi connectivity index (χ0v) is 9.38. The molecule has 0 atom stereocenters. The van der Waals surface area contributed by atoms with Crippen molar-refractivity contribution < 1.29 is 0 Å². The van der Waals surface area contributed by atoms with Crippen molar-refractivity contribution in [1.29, 1.82) is 0 Å². The lowest BCUT2D eigenvalue weighted by Gasteiger charge is -2.26. The Morgan fingerprint density at radius 3 is 1.73 bits per heavy atom. The fraction of sp³-hybridized carbons (Fsp3) is 1.00. The number of hydrogen-bond donors (Lipinski definition) is 0. The highest BCUT2D eigenvalue weighted by Crippen LogP contribution is 2.31. The van der Waals surface area contributed by atoms with Crippen LogP contribution >= 0.6 is 11.6 Å². The summed E-state index contributed by atoms with van der Waals surface area (Å²) in [7, 11) is 2.24. The van der Waals surface area contributed by atoms with Gasteiger partial charge in [-0.2, -0.15) is 0 Å². The fourth-order valence-electron chi connectivity index (χ4n) is 0.397. The molecule has 0 aromatic heterocycles. The van der Waals surface area contributed by atoms with E-state index in [0.717, 1.165) is 0 Å². The van der Waals surface area contributed by atoms with Crippen LogP contribution in [0.25, 0.3) is 0 Å². The molecule has 62 valence electrons. The van der Waals surface area contributed by atoms with Crippen molar-refractivity contribution >= 4 is 25.5 Å². The van der Waals surface area contributed by atoms with Gasteiger partial charge < -0.3 is 0 Å². The van der Waals surface area contributed by atoms with E-state index in [-0.39, 0.29) is 4.65 Å². The molecule has 0 saturated heterocycles. The van der Waals surface area contributed by atoms with Gasteiger partial charge in [-0.1, -0.05) is 46.8 Å². The molecular formula is C8H18B2S. The molecule has 0 aliphatic carbocycles. The van der Waals surface area contributed by atoms with Gasteiger partial charge in [-0.3, -0.25) is 0 Å². The molecule has 11 heavy (non-hydrogen) atoms. The molecule has 3 heteroatoms. The lowest BCUT2D eigenvalue weighted by atomic mass is 9.68. The number of rotatable bonds is 3. The zero-order valence-electron chi connectivity index (χ0n) is 8.56. The molecule has 0 spiro atoms. The SMILES string of the molecule is C[B]C(C)(C)S[B]C(C)(C)C. The van der Waals surface area contributed by atoms with E-state index < -0.39 is 0 Å². The van der Waals surface area contributed by atoms with E-state index in [4.69, 9.17) is 0 Å². The Morgan fingerprint density at radius 2 is 1.45 bits per heavy atom. The molecule has 0 unspecified atom stereocenters. The first-order valence-corrected chi connectivity index (χ1v) is 4.97. The molecule has 2 radical (unpaired) electrons. The summed E-state index contributed by atoms with van der Waals surface area (Å²) in [6, 6.07) is 0. The van der Waals surface area contributed by atoms with Crippen LogP contribution in [-0.2, 0) is 0 Å². The summed E-state index contributed by atoms with van der Waals surface area (Å²) >= 11 is 1.91. The molecular weight excluding hydrogens is 150 g/mol. The van der Waals surface area contributed by atoms with Crippen molar-refractivity contribution in [2.75, 3.05) is 0 Å². The fourth-order valence-corrected chi connectivity index (χ4v) is 1.19. The Morgan fingerprint density at radius 1 is 1.00 bits per heavy atom. The molecule has 0 amide bonds. The lowest BCUT2D eigenvalue weighted by Crippen LogP contribution is -2.24. The van der Waals surface area contributed by atoms with Crippen molar-refractivity contribution in [3.05, 3.63) is 0 Å². The predicted molar refractivity (Wildman–Crippen MR) is 58.8 cm³/mol. The summed E-state index contributed by atoms with van der Waals surface area (Å²) in [5.41, 5.74) is 0. The van der Waals surface area contributed by atoms with E-state index in [1.165, 1.54) is 0 Å². The van der Waals surface area contributed by atoms with Gasteiger partial charge in [0.2, 0.25) is 0 Å². The summed E-state index contributed by atoms with van der Waals surface area (Å²) in [5, 5.41) is 0.324. The van der Waals surface area contributed by atoms with Gasteiger partial charge in [0.25, 0.3) is 0 Å². The van der Waals surface area contributed by atoms with Gasteiger partial charge in [-0.05, 0) is 4.65 Å². The van der Waals surface area contributed by atoms with Crippen molar-refractivity contribution in [2.45, 2.75) is 51.4 Å². The second-order valence-electron chi connectivity index (χ2n) is 4.49. The van der Waals surface area contributed by atoms with E-state index in [0.29, 0.717) is 5.31 Å². The lowest BCUT2D eigenvalue weighted by molar-refractivity contribution is 0.763. The molecule has 0 rings (SSSR count). The van der Waals surface area contributed by atoms with Gasteiger partial charge in [-0.25, -0.2) is 11.6 Å². The summed E-state index contributed by atoms with van der Waals surface area (Å²) < 4.78 is 0.285. The van der Waals surface area contributed by atoms with Gasteiger partial charge >= 0.3 is 0 Å². The topological polar surface area (TPSA) is 0 Å². The third-order valence-electron chi connectivity index (χ3n) is 1.41. The van der Waals surface area contributed by atoms with E-state index in [2.05, 4.69) is 55.3 Å². The largest absolute Gasteiger partial charge is 0.220 e. The number of hydrogen-bond acceptors (Lipinski definition) is 1. The van der Waals surface area contributed by atoms with Crippen LogP contribution in [0, 0.1) is 0 Å². The van der Waals surface area contributed by atoms with Gasteiger partial charge in [0.15, 0.2) is 6.56 Å². The molecule has 0 aliphatic rings. The average Bonchev–Trinajstić information content (AvgIpc) is 1.83. The second-order valence-corrected chi connectivity index (χ2v) is 6.02. The van der Waals surface area contributed by atoms with Crippen LogP contribution in [0.5, 0.6) is 0 Å². The van der Waals surface area contributed by atoms with Gasteiger partial charge in [0.1, 0.15) is 7.28 Å². The maximum atomic E-state index is 2.31. The quantitative estimate of drug-likeness (QED) is 0.583. The minimum Gasteiger partial charge on any atom is -0.220 e. The molecule has 0 aliphatic heterocycles. The standard InChI is InChI=1S/C8H18B2S/c1-7(2,3)10-11-8(4,5)9-6/h1-6H3. The maximum Gasteiger partial charge on any atom is 0.197 e. The highest BCUT2D eigenvalue weighted by molar-refractivity contribution is 8.24. The normalized spacial score (nSPS) is 12.9. The van der Waals surface area contributed by atoms with E-state index >= 15 is 0 Å². The molecule has 0 heterocycles. The van der Waals surface area contributed by atoms with Crippen LogP contribution in [0.3, 0.4) is 0 Å². The highest BCUT2D eigenvalue weighted by Gasteiger charge is 2.21. The predicted octanol–water partition coefficient (Wildman–Crippen LogP) is 3.05. The maximum absolute atomic E-state index is 2.31. The van der Waals surface area contributed by atoms with Crippen molar-refractivity contribution in [2.24, 2.45) is 0 Å². The Hall–Kier alpha value is 0.480. The van der Waals surface area contributed by atoms with Crippen LogP contribution in [0.15, 0.2) is 0 Å². The monoisotopic (exact) mass is 168 g/mol. The van der Waals surface area contributed by atoms with Crippen molar-refractivity contribution in [1.82, 2.24) is 0 Å². The summed E-state index contributed by atoms with van der Waals surface area (Å²) in [4.78, 5) is 0. The highest BCUT2D eigenvalue weighted by atomic mass is 32.2. The Balaban J connectivity index is 3.70. The molecule has 0 aromatic rings. The first-order chi connectivity index (χ1) is 4.77. The first kappa shape index (κ1) is 11.5. The Bertz CT molecular complexity index is 116. The third-order valence-corrected chi connectivity index (χ3v) is 3.08. The van der Waals surface area contributed by atoms with E-state index in [9.17, 15) is 0 Å². The molecule has 0 aromatic carbocycles. The van der Waals surface area contributed by atoms with Crippen LogP contribution in [0.1, 0.15) is 34.6 Å². The van der Waals surface area contributed by atoms with Crippen LogP contribution in [0.2, 0.25) is 12.1 Å². The first-order valence-electron chi connectivity index (χ1n) is 4.09.